The van der Waals surface area contributed by atoms with Gasteiger partial charge in [-0.15, -0.1) is 0 Å². The standard InChI is InChI=1S/C25H29N3O2/c1-16(2)29-21-10-6-19(7-11-21)23-15-24(25(28-26)14-18(23)5)27-20-8-12-22(13-9-20)30-17(3)4/h6-17,26-27H,1-5H3. The quantitative estimate of drug-likeness (QED) is 0.380. The molecule has 156 valence electrons. The summed E-state index contributed by atoms with van der Waals surface area (Å²) in [7, 11) is 0. The molecular weight excluding hydrogens is 374 g/mol. The van der Waals surface area contributed by atoms with Gasteiger partial charge in [0.2, 0.25) is 0 Å². The van der Waals surface area contributed by atoms with Crippen molar-refractivity contribution in [2.45, 2.75) is 46.8 Å². The molecule has 0 atom stereocenters. The van der Waals surface area contributed by atoms with E-state index in [0.717, 1.165) is 39.6 Å². The SMILES string of the molecule is Cc1cc(N=N)c(Nc2ccc(OC(C)C)cc2)cc1-c1ccc(OC(C)C)cc1. The van der Waals surface area contributed by atoms with Crippen LogP contribution in [-0.4, -0.2) is 12.2 Å². The maximum absolute atomic E-state index is 7.57. The van der Waals surface area contributed by atoms with Crippen molar-refractivity contribution < 1.29 is 9.47 Å². The van der Waals surface area contributed by atoms with Crippen LogP contribution < -0.4 is 14.8 Å². The molecule has 0 saturated carbocycles. The van der Waals surface area contributed by atoms with Crippen LogP contribution in [0.25, 0.3) is 11.1 Å². The topological polar surface area (TPSA) is 66.7 Å². The fourth-order valence-electron chi connectivity index (χ4n) is 3.23. The summed E-state index contributed by atoms with van der Waals surface area (Å²) in [6, 6.07) is 19.8. The molecule has 0 fully saturated rings. The first-order valence-corrected chi connectivity index (χ1v) is 10.2. The predicted molar refractivity (Wildman–Crippen MR) is 123 cm³/mol. The van der Waals surface area contributed by atoms with Crippen molar-refractivity contribution in [3.8, 4) is 22.6 Å². The minimum atomic E-state index is 0.134. The van der Waals surface area contributed by atoms with Crippen LogP contribution in [0.2, 0.25) is 0 Å². The summed E-state index contributed by atoms with van der Waals surface area (Å²) in [6.45, 7) is 10.1. The van der Waals surface area contributed by atoms with E-state index < -0.39 is 0 Å². The van der Waals surface area contributed by atoms with Crippen LogP contribution in [-0.2, 0) is 0 Å². The summed E-state index contributed by atoms with van der Waals surface area (Å²) >= 11 is 0. The van der Waals surface area contributed by atoms with Gasteiger partial charge in [-0.1, -0.05) is 12.1 Å². The van der Waals surface area contributed by atoms with Gasteiger partial charge in [-0.2, -0.15) is 5.11 Å². The number of ether oxygens (including phenoxy) is 2. The lowest BCUT2D eigenvalue weighted by Crippen LogP contribution is -2.05. The van der Waals surface area contributed by atoms with Crippen molar-refractivity contribution in [2.24, 2.45) is 5.11 Å². The molecule has 3 rings (SSSR count). The average Bonchev–Trinajstić information content (AvgIpc) is 2.70. The number of rotatable bonds is 8. The van der Waals surface area contributed by atoms with Gasteiger partial charge in [0.1, 0.15) is 17.2 Å². The lowest BCUT2D eigenvalue weighted by Gasteiger charge is -2.15. The normalized spacial score (nSPS) is 10.9. The van der Waals surface area contributed by atoms with Crippen LogP contribution in [0, 0.1) is 12.5 Å². The molecule has 3 aromatic carbocycles. The number of hydrogen-bond donors (Lipinski definition) is 2. The summed E-state index contributed by atoms with van der Waals surface area (Å²) in [5.41, 5.74) is 13.1. The molecule has 0 aliphatic rings. The van der Waals surface area contributed by atoms with Crippen LogP contribution in [0.15, 0.2) is 65.8 Å². The Labute approximate surface area is 178 Å². The molecule has 30 heavy (non-hydrogen) atoms. The zero-order chi connectivity index (χ0) is 21.7. The average molecular weight is 404 g/mol. The number of anilines is 2. The summed E-state index contributed by atoms with van der Waals surface area (Å²) in [5.74, 6) is 1.68. The third kappa shape index (κ3) is 5.38. The fraction of sp³-hybridized carbons (Fsp3) is 0.280. The molecule has 5 nitrogen and oxygen atoms in total. The van der Waals surface area contributed by atoms with Crippen LogP contribution in [0.5, 0.6) is 11.5 Å². The van der Waals surface area contributed by atoms with Gasteiger partial charge in [-0.3, -0.25) is 0 Å². The van der Waals surface area contributed by atoms with E-state index in [1.807, 2.05) is 83.1 Å². The first-order valence-electron chi connectivity index (χ1n) is 10.2. The Kier molecular flexibility index (Phi) is 6.72. The highest BCUT2D eigenvalue weighted by atomic mass is 16.5. The van der Waals surface area contributed by atoms with Crippen molar-refractivity contribution in [1.82, 2.24) is 0 Å². The maximum atomic E-state index is 7.57. The molecule has 0 radical (unpaired) electrons. The van der Waals surface area contributed by atoms with E-state index in [-0.39, 0.29) is 12.2 Å². The van der Waals surface area contributed by atoms with Gasteiger partial charge in [0.05, 0.1) is 17.9 Å². The minimum Gasteiger partial charge on any atom is -0.491 e. The monoisotopic (exact) mass is 403 g/mol. The van der Waals surface area contributed by atoms with Crippen molar-refractivity contribution >= 4 is 17.1 Å². The second-order valence-corrected chi connectivity index (χ2v) is 7.80. The zero-order valence-corrected chi connectivity index (χ0v) is 18.2. The third-order valence-corrected chi connectivity index (χ3v) is 4.51. The molecule has 0 bridgehead atoms. The predicted octanol–water partition coefficient (Wildman–Crippen LogP) is 7.64. The Morgan fingerprint density at radius 2 is 1.33 bits per heavy atom. The first kappa shape index (κ1) is 21.4. The van der Waals surface area contributed by atoms with Gasteiger partial charge < -0.3 is 14.8 Å². The highest BCUT2D eigenvalue weighted by Gasteiger charge is 2.10. The molecule has 2 N–H and O–H groups in total. The molecule has 0 unspecified atom stereocenters. The van der Waals surface area contributed by atoms with Crippen LogP contribution in [0.4, 0.5) is 17.1 Å². The van der Waals surface area contributed by atoms with E-state index in [2.05, 4.69) is 22.6 Å². The Morgan fingerprint density at radius 3 is 1.83 bits per heavy atom. The van der Waals surface area contributed by atoms with Crippen LogP contribution >= 0.6 is 0 Å². The summed E-state index contributed by atoms with van der Waals surface area (Å²) < 4.78 is 11.4. The molecule has 3 aromatic rings. The number of nitrogens with one attached hydrogen (secondary N) is 2. The first-order chi connectivity index (χ1) is 14.4. The van der Waals surface area contributed by atoms with Gasteiger partial charge in [0.25, 0.3) is 0 Å². The van der Waals surface area contributed by atoms with Crippen LogP contribution in [0.3, 0.4) is 0 Å². The molecule has 0 aliphatic heterocycles. The highest BCUT2D eigenvalue weighted by molar-refractivity contribution is 5.81. The van der Waals surface area contributed by atoms with Crippen molar-refractivity contribution in [2.75, 3.05) is 5.32 Å². The molecule has 5 heteroatoms. The second-order valence-electron chi connectivity index (χ2n) is 7.80. The summed E-state index contributed by atoms with van der Waals surface area (Å²) in [4.78, 5) is 0. The molecule has 0 aromatic heterocycles. The minimum absolute atomic E-state index is 0.134. The second kappa shape index (κ2) is 9.44. The Bertz CT molecular complexity index is 994. The highest BCUT2D eigenvalue weighted by Crippen LogP contribution is 2.36. The molecule has 0 saturated heterocycles. The van der Waals surface area contributed by atoms with Gasteiger partial charge in [-0.05, 0) is 99.8 Å². The smallest absolute Gasteiger partial charge is 0.119 e. The van der Waals surface area contributed by atoms with E-state index >= 15 is 0 Å². The van der Waals surface area contributed by atoms with Crippen molar-refractivity contribution in [3.05, 3.63) is 66.2 Å². The van der Waals surface area contributed by atoms with Gasteiger partial charge in [0, 0.05) is 5.69 Å². The van der Waals surface area contributed by atoms with E-state index in [0.29, 0.717) is 5.69 Å². The third-order valence-electron chi connectivity index (χ3n) is 4.51. The van der Waals surface area contributed by atoms with Gasteiger partial charge in [-0.25, -0.2) is 5.53 Å². The summed E-state index contributed by atoms with van der Waals surface area (Å²) in [6.07, 6.45) is 0.276. The number of nitrogens with zero attached hydrogens (tertiary/aromatic N) is 1. The van der Waals surface area contributed by atoms with Gasteiger partial charge >= 0.3 is 0 Å². The number of benzene rings is 3. The fourth-order valence-corrected chi connectivity index (χ4v) is 3.23. The van der Waals surface area contributed by atoms with E-state index in [1.54, 1.807) is 0 Å². The Morgan fingerprint density at radius 1 is 0.800 bits per heavy atom. The Balaban J connectivity index is 1.89. The number of aryl methyl sites for hydroxylation is 1. The lowest BCUT2D eigenvalue weighted by molar-refractivity contribution is 0.242. The molecule has 0 spiro atoms. The molecule has 0 amide bonds. The lowest BCUT2D eigenvalue weighted by atomic mass is 9.98. The maximum Gasteiger partial charge on any atom is 0.119 e. The summed E-state index contributed by atoms with van der Waals surface area (Å²) in [5, 5.41) is 7.09. The van der Waals surface area contributed by atoms with Crippen molar-refractivity contribution in [3.63, 3.8) is 0 Å². The van der Waals surface area contributed by atoms with E-state index in [4.69, 9.17) is 15.0 Å². The molecular formula is C25H29N3O2. The zero-order valence-electron chi connectivity index (χ0n) is 18.2. The van der Waals surface area contributed by atoms with Gasteiger partial charge in [0.15, 0.2) is 0 Å². The van der Waals surface area contributed by atoms with Crippen molar-refractivity contribution in [1.29, 1.82) is 5.53 Å². The largest absolute Gasteiger partial charge is 0.491 e. The molecule has 0 aliphatic carbocycles. The Hall–Kier alpha value is -3.34. The van der Waals surface area contributed by atoms with E-state index in [9.17, 15) is 0 Å². The molecule has 0 heterocycles. The van der Waals surface area contributed by atoms with E-state index in [1.165, 1.54) is 0 Å². The number of hydrogen-bond acceptors (Lipinski definition) is 5. The van der Waals surface area contributed by atoms with Crippen LogP contribution in [0.1, 0.15) is 33.3 Å².